The van der Waals surface area contributed by atoms with Crippen LogP contribution in [0.2, 0.25) is 0 Å². The summed E-state index contributed by atoms with van der Waals surface area (Å²) in [6, 6.07) is 14.5. The van der Waals surface area contributed by atoms with Gasteiger partial charge in [-0.15, -0.1) is 0 Å². The second-order valence-corrected chi connectivity index (χ2v) is 9.27. The smallest absolute Gasteiger partial charge is 0.407 e. The molecule has 0 fully saturated rings. The summed E-state index contributed by atoms with van der Waals surface area (Å²) >= 11 is 0. The zero-order valence-corrected chi connectivity index (χ0v) is 20.5. The third-order valence-electron chi connectivity index (χ3n) is 5.01. The Labute approximate surface area is 206 Å². The monoisotopic (exact) mass is 484 g/mol. The predicted octanol–water partition coefficient (Wildman–Crippen LogP) is 2.48. The van der Waals surface area contributed by atoms with Crippen LogP contribution < -0.4 is 21.7 Å². The van der Waals surface area contributed by atoms with Crippen LogP contribution in [-0.2, 0) is 27.4 Å². The average molecular weight is 485 g/mol. The third-order valence-corrected chi connectivity index (χ3v) is 5.01. The number of hydrogen-bond acceptors (Lipinski definition) is 6. The van der Waals surface area contributed by atoms with E-state index in [2.05, 4.69) is 16.0 Å². The molecule has 0 spiro atoms. The maximum atomic E-state index is 13.0. The molecule has 0 radical (unpaired) electrons. The second kappa shape index (κ2) is 13.5. The van der Waals surface area contributed by atoms with E-state index in [-0.39, 0.29) is 19.6 Å². The summed E-state index contributed by atoms with van der Waals surface area (Å²) in [7, 11) is 0. The van der Waals surface area contributed by atoms with E-state index in [9.17, 15) is 19.5 Å². The van der Waals surface area contributed by atoms with Crippen LogP contribution in [-0.4, -0.2) is 47.2 Å². The number of aliphatic hydroxyl groups is 1. The van der Waals surface area contributed by atoms with Gasteiger partial charge in [-0.2, -0.15) is 0 Å². The number of nitrogens with one attached hydrogen (secondary N) is 3. The van der Waals surface area contributed by atoms with E-state index in [0.29, 0.717) is 24.1 Å². The third kappa shape index (κ3) is 10.6. The van der Waals surface area contributed by atoms with Crippen molar-refractivity contribution in [1.29, 1.82) is 0 Å². The van der Waals surface area contributed by atoms with Crippen molar-refractivity contribution in [2.75, 3.05) is 11.9 Å². The van der Waals surface area contributed by atoms with Gasteiger partial charge >= 0.3 is 6.09 Å². The molecule has 35 heavy (non-hydrogen) atoms. The second-order valence-electron chi connectivity index (χ2n) is 9.27. The Bertz CT molecular complexity index is 958. The van der Waals surface area contributed by atoms with Crippen molar-refractivity contribution in [3.8, 4) is 0 Å². The molecule has 2 atom stereocenters. The molecule has 0 aliphatic rings. The fourth-order valence-electron chi connectivity index (χ4n) is 3.24. The molecule has 6 N–H and O–H groups in total. The van der Waals surface area contributed by atoms with E-state index in [1.165, 1.54) is 0 Å². The number of benzene rings is 2. The lowest BCUT2D eigenvalue weighted by Gasteiger charge is -2.22. The van der Waals surface area contributed by atoms with Crippen LogP contribution in [0.1, 0.15) is 44.7 Å². The first kappa shape index (κ1) is 27.8. The molecule has 2 rings (SSSR count). The number of hydrogen-bond donors (Lipinski definition) is 5. The van der Waals surface area contributed by atoms with Crippen LogP contribution >= 0.6 is 0 Å². The number of anilines is 1. The zero-order valence-electron chi connectivity index (χ0n) is 20.5. The van der Waals surface area contributed by atoms with Gasteiger partial charge in [0.25, 0.3) is 0 Å². The zero-order chi connectivity index (χ0) is 25.8. The van der Waals surface area contributed by atoms with Crippen molar-refractivity contribution < 1.29 is 24.2 Å². The highest BCUT2D eigenvalue weighted by atomic mass is 16.6. The Kier molecular flexibility index (Phi) is 10.7. The van der Waals surface area contributed by atoms with E-state index in [4.69, 9.17) is 10.5 Å². The summed E-state index contributed by atoms with van der Waals surface area (Å²) in [6.07, 6.45) is 0.496. The van der Waals surface area contributed by atoms with Crippen molar-refractivity contribution in [1.82, 2.24) is 10.6 Å². The number of carbonyl (C=O) groups excluding carboxylic acids is 3. The molecular formula is C26H36N4O5. The van der Waals surface area contributed by atoms with Crippen LogP contribution in [0.25, 0.3) is 0 Å². The van der Waals surface area contributed by atoms with Crippen LogP contribution in [0.5, 0.6) is 0 Å². The van der Waals surface area contributed by atoms with Gasteiger partial charge in [0.1, 0.15) is 11.6 Å². The molecule has 3 amide bonds. The Balaban J connectivity index is 1.99. The molecule has 2 aromatic carbocycles. The molecule has 0 heterocycles. The van der Waals surface area contributed by atoms with Gasteiger partial charge in [0.15, 0.2) is 0 Å². The molecular weight excluding hydrogens is 448 g/mol. The van der Waals surface area contributed by atoms with Crippen molar-refractivity contribution in [2.24, 2.45) is 5.73 Å². The first-order valence-corrected chi connectivity index (χ1v) is 11.6. The van der Waals surface area contributed by atoms with E-state index < -0.39 is 35.6 Å². The summed E-state index contributed by atoms with van der Waals surface area (Å²) in [5.41, 5.74) is 7.65. The van der Waals surface area contributed by atoms with Crippen LogP contribution in [0.4, 0.5) is 10.5 Å². The largest absolute Gasteiger partial charge is 0.444 e. The summed E-state index contributed by atoms with van der Waals surface area (Å²) in [4.78, 5) is 37.6. The number of carbonyl (C=O) groups is 3. The lowest BCUT2D eigenvalue weighted by molar-refractivity contribution is -0.127. The Morgan fingerprint density at radius 1 is 0.971 bits per heavy atom. The predicted molar refractivity (Wildman–Crippen MR) is 135 cm³/mol. The highest BCUT2D eigenvalue weighted by Gasteiger charge is 2.24. The Morgan fingerprint density at radius 2 is 1.63 bits per heavy atom. The number of aliphatic hydroxyl groups excluding tert-OH is 1. The molecule has 0 saturated heterocycles. The highest BCUT2D eigenvalue weighted by molar-refractivity contribution is 5.97. The van der Waals surface area contributed by atoms with Gasteiger partial charge in [0, 0.05) is 12.2 Å². The van der Waals surface area contributed by atoms with Gasteiger partial charge < -0.3 is 31.5 Å². The Hall–Kier alpha value is -3.43. The van der Waals surface area contributed by atoms with E-state index in [1.807, 2.05) is 30.3 Å². The minimum Gasteiger partial charge on any atom is -0.444 e. The number of amides is 3. The quantitative estimate of drug-likeness (QED) is 0.310. The maximum Gasteiger partial charge on any atom is 0.407 e. The Morgan fingerprint density at radius 3 is 2.23 bits per heavy atom. The first-order valence-electron chi connectivity index (χ1n) is 11.6. The van der Waals surface area contributed by atoms with Crippen LogP contribution in [0.15, 0.2) is 54.6 Å². The van der Waals surface area contributed by atoms with Crippen molar-refractivity contribution in [3.63, 3.8) is 0 Å². The standard InChI is InChI=1S/C26H36N4O5/c1-26(2,3)35-25(34)28-15-7-10-22(24(33)29-20-13-11-19(17-31)12-14-20)30-23(32)21(27)16-18-8-5-4-6-9-18/h4-6,8-9,11-14,21-22,31H,7,10,15-17,27H2,1-3H3,(H,28,34)(H,29,33)(H,30,32)/t21?,22-/m0/s1. The number of alkyl carbamates (subject to hydrolysis) is 1. The van der Waals surface area contributed by atoms with Crippen LogP contribution in [0.3, 0.4) is 0 Å². The van der Waals surface area contributed by atoms with E-state index in [0.717, 1.165) is 5.56 Å². The van der Waals surface area contributed by atoms with Crippen molar-refractivity contribution in [3.05, 3.63) is 65.7 Å². The molecule has 9 heteroatoms. The molecule has 0 aliphatic carbocycles. The molecule has 1 unspecified atom stereocenters. The van der Waals surface area contributed by atoms with Gasteiger partial charge in [0.05, 0.1) is 12.6 Å². The molecule has 0 aromatic heterocycles. The molecule has 0 saturated carbocycles. The van der Waals surface area contributed by atoms with Crippen molar-refractivity contribution in [2.45, 2.75) is 64.3 Å². The van der Waals surface area contributed by atoms with Crippen LogP contribution in [0, 0.1) is 0 Å². The van der Waals surface area contributed by atoms with Crippen molar-refractivity contribution >= 4 is 23.6 Å². The van der Waals surface area contributed by atoms with Gasteiger partial charge in [-0.1, -0.05) is 42.5 Å². The molecule has 0 bridgehead atoms. The van der Waals surface area contributed by atoms with Gasteiger partial charge in [-0.05, 0) is 63.3 Å². The minimum atomic E-state index is -0.859. The SMILES string of the molecule is CC(C)(C)OC(=O)NCCC[C@H](NC(=O)C(N)Cc1ccccc1)C(=O)Nc1ccc(CO)cc1. The molecule has 2 aromatic rings. The minimum absolute atomic E-state index is 0.100. The topological polar surface area (TPSA) is 143 Å². The first-order chi connectivity index (χ1) is 16.6. The summed E-state index contributed by atoms with van der Waals surface area (Å²) in [6.45, 7) is 5.49. The number of nitrogens with two attached hydrogens (primary N) is 1. The van der Waals surface area contributed by atoms with Gasteiger partial charge in [0.2, 0.25) is 11.8 Å². The van der Waals surface area contributed by atoms with Gasteiger partial charge in [-0.25, -0.2) is 4.79 Å². The fraction of sp³-hybridized carbons (Fsp3) is 0.423. The molecule has 190 valence electrons. The number of rotatable bonds is 11. The van der Waals surface area contributed by atoms with Gasteiger partial charge in [-0.3, -0.25) is 9.59 Å². The molecule has 0 aliphatic heterocycles. The van der Waals surface area contributed by atoms with E-state index in [1.54, 1.807) is 45.0 Å². The van der Waals surface area contributed by atoms with E-state index >= 15 is 0 Å². The highest BCUT2D eigenvalue weighted by Crippen LogP contribution is 2.12. The maximum absolute atomic E-state index is 13.0. The summed E-state index contributed by atoms with van der Waals surface area (Å²) < 4.78 is 5.21. The lowest BCUT2D eigenvalue weighted by atomic mass is 10.0. The average Bonchev–Trinajstić information content (AvgIpc) is 2.80. The molecule has 9 nitrogen and oxygen atoms in total. The normalized spacial score (nSPS) is 12.8. The fourth-order valence-corrected chi connectivity index (χ4v) is 3.24. The lowest BCUT2D eigenvalue weighted by Crippen LogP contribution is -2.50. The number of ether oxygens (including phenoxy) is 1. The summed E-state index contributed by atoms with van der Waals surface area (Å²) in [5, 5.41) is 17.4. The summed E-state index contributed by atoms with van der Waals surface area (Å²) in [5.74, 6) is -0.844.